The van der Waals surface area contributed by atoms with Gasteiger partial charge in [-0.1, -0.05) is 35.4 Å². The van der Waals surface area contributed by atoms with Crippen LogP contribution < -0.4 is 9.80 Å². The van der Waals surface area contributed by atoms with Crippen molar-refractivity contribution in [1.82, 2.24) is 0 Å². The smallest absolute Gasteiger partial charge is 0.0606 e. The standard InChI is InChI=1S/C24H28N2O2/c1-19-3-7-22(8-4-19)26(23-9-5-20(2)6-10-23)24-13-11-21(12-14-24)25(15-17-27)16-18-28/h3-14,27-28H,15-18H2,1-2H3. The van der Waals surface area contributed by atoms with Crippen molar-refractivity contribution >= 4 is 22.7 Å². The number of aliphatic hydroxyl groups excluding tert-OH is 2. The van der Waals surface area contributed by atoms with Gasteiger partial charge in [-0.15, -0.1) is 0 Å². The maximum atomic E-state index is 9.28. The van der Waals surface area contributed by atoms with Crippen LogP contribution >= 0.6 is 0 Å². The Morgan fingerprint density at radius 3 is 1.21 bits per heavy atom. The zero-order chi connectivity index (χ0) is 19.9. The molecule has 0 aliphatic heterocycles. The molecule has 0 radical (unpaired) electrons. The minimum atomic E-state index is 0.0562. The second-order valence-corrected chi connectivity index (χ2v) is 6.96. The monoisotopic (exact) mass is 376 g/mol. The summed E-state index contributed by atoms with van der Waals surface area (Å²) in [6.45, 7) is 5.29. The van der Waals surface area contributed by atoms with Crippen LogP contribution in [0.15, 0.2) is 72.8 Å². The van der Waals surface area contributed by atoms with Crippen molar-refractivity contribution < 1.29 is 10.2 Å². The van der Waals surface area contributed by atoms with Gasteiger partial charge in [0.15, 0.2) is 0 Å². The molecular formula is C24H28N2O2. The molecule has 0 heterocycles. The highest BCUT2D eigenvalue weighted by atomic mass is 16.3. The first-order chi connectivity index (χ1) is 13.6. The minimum absolute atomic E-state index is 0.0562. The van der Waals surface area contributed by atoms with E-state index in [9.17, 15) is 10.2 Å². The van der Waals surface area contributed by atoms with E-state index in [-0.39, 0.29) is 13.2 Å². The SMILES string of the molecule is Cc1ccc(N(c2ccc(C)cc2)c2ccc(N(CCO)CCO)cc2)cc1. The number of hydrogen-bond donors (Lipinski definition) is 2. The third kappa shape index (κ3) is 4.71. The molecule has 3 rings (SSSR count). The Hall–Kier alpha value is -2.82. The Morgan fingerprint density at radius 1 is 0.536 bits per heavy atom. The predicted molar refractivity (Wildman–Crippen MR) is 117 cm³/mol. The molecule has 3 aromatic carbocycles. The van der Waals surface area contributed by atoms with Gasteiger partial charge in [0.05, 0.1) is 13.2 Å². The third-order valence-electron chi connectivity index (χ3n) is 4.80. The van der Waals surface area contributed by atoms with Crippen LogP contribution in [0.25, 0.3) is 0 Å². The lowest BCUT2D eigenvalue weighted by Gasteiger charge is -2.27. The molecule has 0 atom stereocenters. The van der Waals surface area contributed by atoms with E-state index in [1.165, 1.54) is 11.1 Å². The van der Waals surface area contributed by atoms with Crippen LogP contribution in [0.4, 0.5) is 22.7 Å². The summed E-state index contributed by atoms with van der Waals surface area (Å²) in [5, 5.41) is 18.6. The van der Waals surface area contributed by atoms with E-state index in [1.54, 1.807) is 0 Å². The number of aliphatic hydroxyl groups is 2. The summed E-state index contributed by atoms with van der Waals surface area (Å²) in [5.74, 6) is 0. The van der Waals surface area contributed by atoms with Crippen molar-refractivity contribution in [2.75, 3.05) is 36.1 Å². The number of benzene rings is 3. The molecule has 4 heteroatoms. The number of anilines is 4. The van der Waals surface area contributed by atoms with Crippen molar-refractivity contribution in [1.29, 1.82) is 0 Å². The molecule has 0 aromatic heterocycles. The Kier molecular flexibility index (Phi) is 6.69. The lowest BCUT2D eigenvalue weighted by atomic mass is 10.1. The van der Waals surface area contributed by atoms with Crippen LogP contribution in [0.5, 0.6) is 0 Å². The van der Waals surface area contributed by atoms with E-state index in [0.29, 0.717) is 13.1 Å². The van der Waals surface area contributed by atoms with E-state index in [2.05, 4.69) is 79.4 Å². The van der Waals surface area contributed by atoms with Gasteiger partial charge in [0.1, 0.15) is 0 Å². The largest absolute Gasteiger partial charge is 0.395 e. The Labute approximate surface area is 167 Å². The van der Waals surface area contributed by atoms with Crippen molar-refractivity contribution in [2.45, 2.75) is 13.8 Å². The van der Waals surface area contributed by atoms with Crippen molar-refractivity contribution in [3.8, 4) is 0 Å². The molecule has 0 fully saturated rings. The highest BCUT2D eigenvalue weighted by Gasteiger charge is 2.13. The molecule has 0 bridgehead atoms. The number of nitrogens with zero attached hydrogens (tertiary/aromatic N) is 2. The molecular weight excluding hydrogens is 348 g/mol. The summed E-state index contributed by atoms with van der Waals surface area (Å²) in [7, 11) is 0. The average Bonchev–Trinajstić information content (AvgIpc) is 2.71. The maximum Gasteiger partial charge on any atom is 0.0606 e. The molecule has 0 saturated carbocycles. The van der Waals surface area contributed by atoms with Crippen molar-refractivity contribution in [3.05, 3.63) is 83.9 Å². The fourth-order valence-electron chi connectivity index (χ4n) is 3.26. The zero-order valence-corrected chi connectivity index (χ0v) is 16.5. The molecule has 0 amide bonds. The van der Waals surface area contributed by atoms with Crippen LogP contribution in [0.1, 0.15) is 11.1 Å². The summed E-state index contributed by atoms with van der Waals surface area (Å²) in [4.78, 5) is 4.21. The first-order valence-corrected chi connectivity index (χ1v) is 9.62. The van der Waals surface area contributed by atoms with Gasteiger partial charge in [0.25, 0.3) is 0 Å². The number of aryl methyl sites for hydroxylation is 2. The van der Waals surface area contributed by atoms with Crippen molar-refractivity contribution in [3.63, 3.8) is 0 Å². The van der Waals surface area contributed by atoms with E-state index in [1.807, 2.05) is 17.0 Å². The zero-order valence-electron chi connectivity index (χ0n) is 16.5. The van der Waals surface area contributed by atoms with E-state index < -0.39 is 0 Å². The second kappa shape index (κ2) is 9.40. The van der Waals surface area contributed by atoms with Gasteiger partial charge >= 0.3 is 0 Å². The molecule has 28 heavy (non-hydrogen) atoms. The quantitative estimate of drug-likeness (QED) is 0.605. The second-order valence-electron chi connectivity index (χ2n) is 6.96. The molecule has 4 nitrogen and oxygen atoms in total. The summed E-state index contributed by atoms with van der Waals surface area (Å²) in [6.07, 6.45) is 0. The van der Waals surface area contributed by atoms with Gasteiger partial charge in [-0.05, 0) is 62.4 Å². The lowest BCUT2D eigenvalue weighted by molar-refractivity contribution is 0.281. The number of rotatable bonds is 8. The topological polar surface area (TPSA) is 46.9 Å². The summed E-state index contributed by atoms with van der Waals surface area (Å²) in [5.41, 5.74) is 6.71. The van der Waals surface area contributed by atoms with E-state index >= 15 is 0 Å². The molecule has 0 aliphatic rings. The van der Waals surface area contributed by atoms with Gasteiger partial charge < -0.3 is 20.0 Å². The molecule has 0 saturated heterocycles. The fraction of sp³-hybridized carbons (Fsp3) is 0.250. The lowest BCUT2D eigenvalue weighted by Crippen LogP contribution is -2.29. The molecule has 3 aromatic rings. The highest BCUT2D eigenvalue weighted by Crippen LogP contribution is 2.35. The summed E-state index contributed by atoms with van der Waals surface area (Å²) >= 11 is 0. The van der Waals surface area contributed by atoms with Gasteiger partial charge in [-0.3, -0.25) is 0 Å². The average molecular weight is 377 g/mol. The van der Waals surface area contributed by atoms with E-state index in [0.717, 1.165) is 22.7 Å². The van der Waals surface area contributed by atoms with Gasteiger partial charge in [0, 0.05) is 35.8 Å². The first-order valence-electron chi connectivity index (χ1n) is 9.62. The highest BCUT2D eigenvalue weighted by molar-refractivity contribution is 5.77. The van der Waals surface area contributed by atoms with Crippen LogP contribution in [0, 0.1) is 13.8 Å². The minimum Gasteiger partial charge on any atom is -0.395 e. The molecule has 0 aliphatic carbocycles. The van der Waals surface area contributed by atoms with E-state index in [4.69, 9.17) is 0 Å². The van der Waals surface area contributed by atoms with Crippen LogP contribution in [-0.2, 0) is 0 Å². The van der Waals surface area contributed by atoms with Gasteiger partial charge in [-0.25, -0.2) is 0 Å². The number of hydrogen-bond acceptors (Lipinski definition) is 4. The Morgan fingerprint density at radius 2 is 0.857 bits per heavy atom. The Balaban J connectivity index is 1.98. The third-order valence-corrected chi connectivity index (χ3v) is 4.80. The summed E-state index contributed by atoms with van der Waals surface area (Å²) in [6, 6.07) is 25.2. The first kappa shape index (κ1) is 19.9. The molecule has 146 valence electrons. The predicted octanol–water partition coefficient (Wildman–Crippen LogP) is 4.56. The van der Waals surface area contributed by atoms with Gasteiger partial charge in [0.2, 0.25) is 0 Å². The van der Waals surface area contributed by atoms with Crippen LogP contribution in [-0.4, -0.2) is 36.5 Å². The van der Waals surface area contributed by atoms with Crippen LogP contribution in [0.2, 0.25) is 0 Å². The normalized spacial score (nSPS) is 10.7. The van der Waals surface area contributed by atoms with Gasteiger partial charge in [-0.2, -0.15) is 0 Å². The Bertz CT molecular complexity index is 807. The van der Waals surface area contributed by atoms with Crippen molar-refractivity contribution in [2.24, 2.45) is 0 Å². The molecule has 2 N–H and O–H groups in total. The fourth-order valence-corrected chi connectivity index (χ4v) is 3.26. The summed E-state index contributed by atoms with van der Waals surface area (Å²) < 4.78 is 0. The van der Waals surface area contributed by atoms with Crippen LogP contribution in [0.3, 0.4) is 0 Å². The maximum absolute atomic E-state index is 9.28. The molecule has 0 unspecified atom stereocenters. The molecule has 0 spiro atoms.